The second-order valence-corrected chi connectivity index (χ2v) is 5.88. The van der Waals surface area contributed by atoms with Crippen LogP contribution in [0.5, 0.6) is 0 Å². The minimum Gasteiger partial charge on any atom is -0.310 e. The molecule has 0 radical (unpaired) electrons. The van der Waals surface area contributed by atoms with Crippen LogP contribution >= 0.6 is 11.6 Å². The molecule has 0 unspecified atom stereocenters. The predicted octanol–water partition coefficient (Wildman–Crippen LogP) is 3.70. The molecule has 0 aliphatic rings. The van der Waals surface area contributed by atoms with Gasteiger partial charge in [0.2, 0.25) is 0 Å². The fraction of sp³-hybridized carbons (Fsp3) is 0.438. The molecule has 0 fully saturated rings. The number of rotatable bonds is 5. The Morgan fingerprint density at radius 3 is 2.55 bits per heavy atom. The highest BCUT2D eigenvalue weighted by Gasteiger charge is 2.09. The van der Waals surface area contributed by atoms with E-state index in [2.05, 4.69) is 48.5 Å². The first-order valence-corrected chi connectivity index (χ1v) is 7.36. The van der Waals surface area contributed by atoms with Crippen LogP contribution in [-0.4, -0.2) is 15.8 Å². The summed E-state index contributed by atoms with van der Waals surface area (Å²) >= 11 is 6.19. The van der Waals surface area contributed by atoms with Crippen molar-refractivity contribution in [2.24, 2.45) is 0 Å². The first-order valence-electron chi connectivity index (χ1n) is 6.98. The van der Waals surface area contributed by atoms with E-state index in [4.69, 9.17) is 11.6 Å². The fourth-order valence-corrected chi connectivity index (χ4v) is 2.30. The van der Waals surface area contributed by atoms with E-state index in [-0.39, 0.29) is 0 Å². The molecule has 20 heavy (non-hydrogen) atoms. The fourth-order valence-electron chi connectivity index (χ4n) is 2.16. The molecule has 0 amide bonds. The van der Waals surface area contributed by atoms with Crippen molar-refractivity contribution in [3.63, 3.8) is 0 Å². The molecule has 0 aliphatic carbocycles. The third kappa shape index (κ3) is 3.62. The molecule has 0 aliphatic heterocycles. The summed E-state index contributed by atoms with van der Waals surface area (Å²) in [5, 5.41) is 8.68. The van der Waals surface area contributed by atoms with Crippen LogP contribution in [0, 0.1) is 13.8 Å². The quantitative estimate of drug-likeness (QED) is 0.910. The average molecular weight is 292 g/mol. The van der Waals surface area contributed by atoms with Crippen molar-refractivity contribution in [1.82, 2.24) is 15.1 Å². The number of hydrogen-bond donors (Lipinski definition) is 1. The minimum atomic E-state index is 0.494. The number of nitrogens with zero attached hydrogens (tertiary/aromatic N) is 2. The molecule has 0 bridgehead atoms. The zero-order valence-corrected chi connectivity index (χ0v) is 13.3. The maximum Gasteiger partial charge on any atom is 0.0844 e. The van der Waals surface area contributed by atoms with Gasteiger partial charge >= 0.3 is 0 Å². The van der Waals surface area contributed by atoms with Gasteiger partial charge in [-0.1, -0.05) is 49.7 Å². The standard InChI is InChI=1S/C16H22ClN3/c1-11(2)18-9-14-6-5-7-15(8-14)10-20-13(4)16(17)12(3)19-20/h5-8,11,18H,9-10H2,1-4H3. The van der Waals surface area contributed by atoms with Crippen LogP contribution in [0.2, 0.25) is 5.02 Å². The normalized spacial score (nSPS) is 11.3. The van der Waals surface area contributed by atoms with Gasteiger partial charge in [-0.15, -0.1) is 0 Å². The Morgan fingerprint density at radius 1 is 1.25 bits per heavy atom. The molecule has 0 saturated heterocycles. The molecule has 2 aromatic rings. The summed E-state index contributed by atoms with van der Waals surface area (Å²) in [6.07, 6.45) is 0. The van der Waals surface area contributed by atoms with E-state index in [9.17, 15) is 0 Å². The van der Waals surface area contributed by atoms with Gasteiger partial charge in [-0.05, 0) is 25.0 Å². The van der Waals surface area contributed by atoms with E-state index in [0.29, 0.717) is 6.04 Å². The Balaban J connectivity index is 2.13. The topological polar surface area (TPSA) is 29.9 Å². The highest BCUT2D eigenvalue weighted by Crippen LogP contribution is 2.20. The number of nitrogens with one attached hydrogen (secondary N) is 1. The van der Waals surface area contributed by atoms with E-state index in [0.717, 1.165) is 29.5 Å². The molecule has 4 heteroatoms. The van der Waals surface area contributed by atoms with Crippen LogP contribution in [-0.2, 0) is 13.1 Å². The van der Waals surface area contributed by atoms with Gasteiger partial charge < -0.3 is 5.32 Å². The molecular formula is C16H22ClN3. The Bertz CT molecular complexity index is 587. The van der Waals surface area contributed by atoms with E-state index >= 15 is 0 Å². The van der Waals surface area contributed by atoms with Crippen LogP contribution in [0.4, 0.5) is 0 Å². The molecule has 1 aromatic carbocycles. The second kappa shape index (κ2) is 6.42. The van der Waals surface area contributed by atoms with Crippen molar-refractivity contribution in [3.05, 3.63) is 51.8 Å². The number of aromatic nitrogens is 2. The highest BCUT2D eigenvalue weighted by molar-refractivity contribution is 6.31. The molecule has 3 nitrogen and oxygen atoms in total. The SMILES string of the molecule is Cc1nn(Cc2cccc(CNC(C)C)c2)c(C)c1Cl. The number of benzene rings is 1. The molecule has 2 rings (SSSR count). The van der Waals surface area contributed by atoms with Crippen molar-refractivity contribution in [1.29, 1.82) is 0 Å². The lowest BCUT2D eigenvalue weighted by atomic mass is 10.1. The summed E-state index contributed by atoms with van der Waals surface area (Å²) in [4.78, 5) is 0. The molecule has 0 saturated carbocycles. The van der Waals surface area contributed by atoms with Crippen molar-refractivity contribution >= 4 is 11.6 Å². The maximum atomic E-state index is 6.19. The lowest BCUT2D eigenvalue weighted by Crippen LogP contribution is -2.21. The lowest BCUT2D eigenvalue weighted by molar-refractivity contribution is 0.587. The van der Waals surface area contributed by atoms with E-state index in [1.54, 1.807) is 0 Å². The smallest absolute Gasteiger partial charge is 0.0844 e. The molecule has 108 valence electrons. The molecule has 0 spiro atoms. The van der Waals surface area contributed by atoms with Gasteiger partial charge in [0.05, 0.1) is 23.0 Å². The van der Waals surface area contributed by atoms with Gasteiger partial charge in [0.15, 0.2) is 0 Å². The summed E-state index contributed by atoms with van der Waals surface area (Å²) in [5.74, 6) is 0. The second-order valence-electron chi connectivity index (χ2n) is 5.50. The third-order valence-corrected chi connectivity index (χ3v) is 3.88. The van der Waals surface area contributed by atoms with Crippen LogP contribution in [0.1, 0.15) is 36.4 Å². The number of aryl methyl sites for hydroxylation is 1. The van der Waals surface area contributed by atoms with Crippen LogP contribution < -0.4 is 5.32 Å². The van der Waals surface area contributed by atoms with Gasteiger partial charge in [-0.2, -0.15) is 5.10 Å². The largest absolute Gasteiger partial charge is 0.310 e. The molecule has 1 N–H and O–H groups in total. The monoisotopic (exact) mass is 291 g/mol. The van der Waals surface area contributed by atoms with E-state index in [1.807, 2.05) is 18.5 Å². The Morgan fingerprint density at radius 2 is 1.95 bits per heavy atom. The van der Waals surface area contributed by atoms with Gasteiger partial charge in [0, 0.05) is 12.6 Å². The summed E-state index contributed by atoms with van der Waals surface area (Å²) in [5.41, 5.74) is 4.45. The van der Waals surface area contributed by atoms with Crippen molar-refractivity contribution in [2.75, 3.05) is 0 Å². The summed E-state index contributed by atoms with van der Waals surface area (Å²) < 4.78 is 1.96. The Kier molecular flexibility index (Phi) is 4.84. The van der Waals surface area contributed by atoms with Gasteiger partial charge in [-0.3, -0.25) is 4.68 Å². The minimum absolute atomic E-state index is 0.494. The molecule has 1 aromatic heterocycles. The van der Waals surface area contributed by atoms with Gasteiger partial charge in [-0.25, -0.2) is 0 Å². The van der Waals surface area contributed by atoms with Crippen molar-refractivity contribution in [3.8, 4) is 0 Å². The third-order valence-electron chi connectivity index (χ3n) is 3.33. The number of halogens is 1. The van der Waals surface area contributed by atoms with Gasteiger partial charge in [0.25, 0.3) is 0 Å². The summed E-state index contributed by atoms with van der Waals surface area (Å²) in [6.45, 7) is 9.91. The van der Waals surface area contributed by atoms with Gasteiger partial charge in [0.1, 0.15) is 0 Å². The molecular weight excluding hydrogens is 270 g/mol. The lowest BCUT2D eigenvalue weighted by Gasteiger charge is -2.10. The van der Waals surface area contributed by atoms with Crippen molar-refractivity contribution < 1.29 is 0 Å². The predicted molar refractivity (Wildman–Crippen MR) is 84.2 cm³/mol. The first-order chi connectivity index (χ1) is 9.47. The molecule has 1 heterocycles. The summed E-state index contributed by atoms with van der Waals surface area (Å²) in [6, 6.07) is 9.09. The Hall–Kier alpha value is -1.32. The number of hydrogen-bond acceptors (Lipinski definition) is 2. The molecule has 0 atom stereocenters. The van der Waals surface area contributed by atoms with Crippen LogP contribution in [0.15, 0.2) is 24.3 Å². The zero-order chi connectivity index (χ0) is 14.7. The van der Waals surface area contributed by atoms with E-state index < -0.39 is 0 Å². The zero-order valence-electron chi connectivity index (χ0n) is 12.6. The van der Waals surface area contributed by atoms with Crippen molar-refractivity contribution in [2.45, 2.75) is 46.8 Å². The average Bonchev–Trinajstić information content (AvgIpc) is 2.65. The van der Waals surface area contributed by atoms with E-state index in [1.165, 1.54) is 11.1 Å². The highest BCUT2D eigenvalue weighted by atomic mass is 35.5. The first kappa shape index (κ1) is 15.1. The maximum absolute atomic E-state index is 6.19. The van der Waals surface area contributed by atoms with Crippen LogP contribution in [0.25, 0.3) is 0 Å². The summed E-state index contributed by atoms with van der Waals surface area (Å²) in [7, 11) is 0. The Labute approximate surface area is 126 Å². The van der Waals surface area contributed by atoms with Crippen LogP contribution in [0.3, 0.4) is 0 Å².